The minimum atomic E-state index is -0.0152. The summed E-state index contributed by atoms with van der Waals surface area (Å²) in [6.07, 6.45) is 1.79. The molecule has 1 aromatic heterocycles. The van der Waals surface area contributed by atoms with Gasteiger partial charge in [0, 0.05) is 15.1 Å². The first kappa shape index (κ1) is 15.5. The van der Waals surface area contributed by atoms with Gasteiger partial charge in [-0.15, -0.1) is 0 Å². The number of hydrogen-bond donors (Lipinski definition) is 1. The van der Waals surface area contributed by atoms with E-state index in [1.165, 1.54) is 0 Å². The van der Waals surface area contributed by atoms with E-state index in [4.69, 9.17) is 4.74 Å². The fraction of sp³-hybridized carbons (Fsp3) is 0.267. The maximum absolute atomic E-state index is 5.43. The number of aromatic nitrogens is 1. The minimum Gasteiger partial charge on any atom is -0.495 e. The van der Waals surface area contributed by atoms with Gasteiger partial charge in [-0.1, -0.05) is 44.8 Å². The molecule has 2 aromatic rings. The van der Waals surface area contributed by atoms with Crippen LogP contribution in [0.5, 0.6) is 5.75 Å². The van der Waals surface area contributed by atoms with Crippen LogP contribution in [0.25, 0.3) is 0 Å². The first-order valence-corrected chi connectivity index (χ1v) is 7.93. The Morgan fingerprint density at radius 2 is 2.10 bits per heavy atom. The molecular formula is C15H16Br2N2O. The van der Waals surface area contributed by atoms with Gasteiger partial charge in [0.2, 0.25) is 0 Å². The lowest BCUT2D eigenvalue weighted by molar-refractivity contribution is 0.400. The number of benzene rings is 1. The Morgan fingerprint density at radius 1 is 1.30 bits per heavy atom. The molecule has 1 aromatic carbocycles. The molecule has 1 N–H and O–H groups in total. The summed E-state index contributed by atoms with van der Waals surface area (Å²) in [7, 11) is 1.67. The van der Waals surface area contributed by atoms with Crippen LogP contribution < -0.4 is 10.1 Å². The van der Waals surface area contributed by atoms with E-state index >= 15 is 0 Å². The number of rotatable bonds is 5. The van der Waals surface area contributed by atoms with Crippen molar-refractivity contribution < 1.29 is 4.74 Å². The summed E-state index contributed by atoms with van der Waals surface area (Å²) >= 11 is 7.10. The summed E-state index contributed by atoms with van der Waals surface area (Å²) in [6.45, 7) is 2.92. The Hall–Kier alpha value is -0.910. The molecule has 5 heteroatoms. The molecule has 0 aliphatic carbocycles. The van der Waals surface area contributed by atoms with Gasteiger partial charge in [0.1, 0.15) is 11.4 Å². The topological polar surface area (TPSA) is 34.2 Å². The highest BCUT2D eigenvalue weighted by Crippen LogP contribution is 2.33. The van der Waals surface area contributed by atoms with E-state index in [0.717, 1.165) is 32.5 Å². The van der Waals surface area contributed by atoms with Crippen molar-refractivity contribution in [2.75, 3.05) is 13.7 Å². The molecule has 1 unspecified atom stereocenters. The number of hydrogen-bond acceptors (Lipinski definition) is 3. The molecule has 20 heavy (non-hydrogen) atoms. The molecule has 3 nitrogen and oxygen atoms in total. The van der Waals surface area contributed by atoms with Gasteiger partial charge >= 0.3 is 0 Å². The van der Waals surface area contributed by atoms with Crippen molar-refractivity contribution in [3.8, 4) is 5.75 Å². The van der Waals surface area contributed by atoms with Gasteiger partial charge in [-0.25, -0.2) is 0 Å². The highest BCUT2D eigenvalue weighted by Gasteiger charge is 2.20. The molecule has 106 valence electrons. The summed E-state index contributed by atoms with van der Waals surface area (Å²) in [5.41, 5.74) is 2.02. The van der Waals surface area contributed by atoms with Crippen LogP contribution in [0.3, 0.4) is 0 Å². The Kier molecular flexibility index (Phi) is 5.57. The van der Waals surface area contributed by atoms with E-state index in [1.54, 1.807) is 13.3 Å². The van der Waals surface area contributed by atoms with Gasteiger partial charge < -0.3 is 10.1 Å². The molecule has 0 radical (unpaired) electrons. The van der Waals surface area contributed by atoms with Crippen molar-refractivity contribution in [2.45, 2.75) is 13.0 Å². The Morgan fingerprint density at radius 3 is 2.75 bits per heavy atom. The number of ether oxygens (including phenoxy) is 1. The van der Waals surface area contributed by atoms with E-state index in [0.29, 0.717) is 0 Å². The quantitative estimate of drug-likeness (QED) is 0.813. The van der Waals surface area contributed by atoms with Crippen LogP contribution in [0.15, 0.2) is 45.5 Å². The van der Waals surface area contributed by atoms with Crippen LogP contribution in [0.4, 0.5) is 0 Å². The van der Waals surface area contributed by atoms with Crippen molar-refractivity contribution in [3.63, 3.8) is 0 Å². The summed E-state index contributed by atoms with van der Waals surface area (Å²) in [5.74, 6) is 0.785. The molecule has 0 bridgehead atoms. The SMILES string of the molecule is CCNC(c1ccc(Br)cc1Br)c1ncccc1OC. The van der Waals surface area contributed by atoms with E-state index in [1.807, 2.05) is 24.3 Å². The highest BCUT2D eigenvalue weighted by atomic mass is 79.9. The molecule has 0 aliphatic heterocycles. The van der Waals surface area contributed by atoms with Crippen LogP contribution in [0.2, 0.25) is 0 Å². The summed E-state index contributed by atoms with van der Waals surface area (Å²) in [6, 6.07) is 9.94. The molecule has 0 spiro atoms. The first-order valence-electron chi connectivity index (χ1n) is 6.34. The summed E-state index contributed by atoms with van der Waals surface area (Å²) in [4.78, 5) is 4.49. The van der Waals surface area contributed by atoms with Crippen molar-refractivity contribution in [2.24, 2.45) is 0 Å². The van der Waals surface area contributed by atoms with Gasteiger partial charge in [0.05, 0.1) is 13.2 Å². The zero-order chi connectivity index (χ0) is 14.5. The number of methoxy groups -OCH3 is 1. The Bertz CT molecular complexity index is 590. The monoisotopic (exact) mass is 398 g/mol. The molecule has 0 saturated heterocycles. The number of nitrogens with one attached hydrogen (secondary N) is 1. The third-order valence-corrected chi connectivity index (χ3v) is 4.15. The zero-order valence-corrected chi connectivity index (χ0v) is 14.5. The lowest BCUT2D eigenvalue weighted by atomic mass is 10.0. The van der Waals surface area contributed by atoms with Crippen LogP contribution in [-0.4, -0.2) is 18.6 Å². The van der Waals surface area contributed by atoms with E-state index in [9.17, 15) is 0 Å². The van der Waals surface area contributed by atoms with Gasteiger partial charge in [0.15, 0.2) is 0 Å². The second-order valence-electron chi connectivity index (χ2n) is 4.25. The van der Waals surface area contributed by atoms with E-state index < -0.39 is 0 Å². The number of pyridine rings is 1. The average molecular weight is 400 g/mol. The van der Waals surface area contributed by atoms with Crippen molar-refractivity contribution >= 4 is 31.9 Å². The molecule has 0 amide bonds. The second kappa shape index (κ2) is 7.20. The molecule has 1 atom stereocenters. The Balaban J connectivity index is 2.50. The van der Waals surface area contributed by atoms with Crippen LogP contribution >= 0.6 is 31.9 Å². The van der Waals surface area contributed by atoms with Gasteiger partial charge in [-0.2, -0.15) is 0 Å². The Labute approximate surface area is 136 Å². The third-order valence-electron chi connectivity index (χ3n) is 2.97. The molecule has 0 fully saturated rings. The zero-order valence-electron chi connectivity index (χ0n) is 11.4. The predicted molar refractivity (Wildman–Crippen MR) is 88.2 cm³/mol. The van der Waals surface area contributed by atoms with E-state index in [2.05, 4.69) is 55.2 Å². The summed E-state index contributed by atoms with van der Waals surface area (Å²) < 4.78 is 7.50. The summed E-state index contributed by atoms with van der Waals surface area (Å²) in [5, 5.41) is 3.46. The van der Waals surface area contributed by atoms with Gasteiger partial charge in [-0.05, 0) is 36.4 Å². The van der Waals surface area contributed by atoms with Crippen LogP contribution in [-0.2, 0) is 0 Å². The first-order chi connectivity index (χ1) is 9.67. The maximum atomic E-state index is 5.43. The molecule has 1 heterocycles. The average Bonchev–Trinajstić information content (AvgIpc) is 2.45. The molecule has 0 aliphatic rings. The molecular weight excluding hydrogens is 384 g/mol. The van der Waals surface area contributed by atoms with Crippen LogP contribution in [0.1, 0.15) is 24.2 Å². The van der Waals surface area contributed by atoms with Gasteiger partial charge in [-0.3, -0.25) is 4.98 Å². The maximum Gasteiger partial charge on any atom is 0.142 e. The molecule has 2 rings (SSSR count). The van der Waals surface area contributed by atoms with Crippen molar-refractivity contribution in [1.29, 1.82) is 0 Å². The van der Waals surface area contributed by atoms with E-state index in [-0.39, 0.29) is 6.04 Å². The highest BCUT2D eigenvalue weighted by molar-refractivity contribution is 9.11. The predicted octanol–water partition coefficient (Wildman–Crippen LogP) is 4.31. The fourth-order valence-electron chi connectivity index (χ4n) is 2.09. The minimum absolute atomic E-state index is 0.0152. The molecule has 0 saturated carbocycles. The standard InChI is InChI=1S/C15H16Br2N2O/c1-3-18-14(11-7-6-10(16)9-12(11)17)15-13(20-2)5-4-8-19-15/h4-9,14,18H,3H2,1-2H3. The number of nitrogens with zero attached hydrogens (tertiary/aromatic N) is 1. The largest absolute Gasteiger partial charge is 0.495 e. The van der Waals surface area contributed by atoms with Crippen molar-refractivity contribution in [1.82, 2.24) is 10.3 Å². The number of halogens is 2. The normalized spacial score (nSPS) is 12.2. The van der Waals surface area contributed by atoms with Crippen LogP contribution in [0, 0.1) is 0 Å². The fourth-order valence-corrected chi connectivity index (χ4v) is 3.36. The lowest BCUT2D eigenvalue weighted by Crippen LogP contribution is -2.24. The smallest absolute Gasteiger partial charge is 0.142 e. The van der Waals surface area contributed by atoms with Gasteiger partial charge in [0.25, 0.3) is 0 Å². The van der Waals surface area contributed by atoms with Crippen molar-refractivity contribution in [3.05, 3.63) is 56.7 Å². The lowest BCUT2D eigenvalue weighted by Gasteiger charge is -2.21. The second-order valence-corrected chi connectivity index (χ2v) is 6.02. The third kappa shape index (κ3) is 3.40.